The van der Waals surface area contributed by atoms with Gasteiger partial charge in [-0.1, -0.05) is 58.7 Å². The van der Waals surface area contributed by atoms with Crippen LogP contribution < -0.4 is 4.90 Å². The van der Waals surface area contributed by atoms with Crippen LogP contribution >= 0.6 is 23.2 Å². The Bertz CT molecular complexity index is 1530. The average Bonchev–Trinajstić information content (AvgIpc) is 3.43. The first kappa shape index (κ1) is 25.1. The molecule has 1 saturated heterocycles. The topological polar surface area (TPSA) is 49.6 Å². The molecule has 1 aromatic heterocycles. The fraction of sp³-hybridized carbons (Fsp3) is 0.267. The summed E-state index contributed by atoms with van der Waals surface area (Å²) < 4.78 is 20.0. The summed E-state index contributed by atoms with van der Waals surface area (Å²) in [6, 6.07) is 19.9. The molecule has 38 heavy (non-hydrogen) atoms. The summed E-state index contributed by atoms with van der Waals surface area (Å²) in [5.41, 5.74) is 3.90. The number of nitrogens with zero attached hydrogens (tertiary/aromatic N) is 3. The number of likely N-dealkylation sites (tertiary alicyclic amines) is 1. The second-order valence-corrected chi connectivity index (χ2v) is 11.0. The minimum absolute atomic E-state index is 0.218. The Kier molecular flexibility index (Phi) is 6.50. The monoisotopic (exact) mass is 549 g/mol. The van der Waals surface area contributed by atoms with Gasteiger partial charge < -0.3 is 9.42 Å². The second-order valence-electron chi connectivity index (χ2n) is 10.2. The third kappa shape index (κ3) is 4.41. The van der Waals surface area contributed by atoms with Gasteiger partial charge in [0.1, 0.15) is 22.8 Å². The van der Waals surface area contributed by atoms with E-state index in [-0.39, 0.29) is 17.1 Å². The number of fused-ring (bicyclic) bond motifs is 2. The van der Waals surface area contributed by atoms with E-state index in [0.29, 0.717) is 34.1 Å². The Morgan fingerprint density at radius 3 is 2.61 bits per heavy atom. The number of rotatable bonds is 4. The number of hydrogen-bond acceptors (Lipinski definition) is 4. The molecule has 2 aliphatic heterocycles. The van der Waals surface area contributed by atoms with Crippen LogP contribution in [0.1, 0.15) is 40.1 Å². The van der Waals surface area contributed by atoms with Gasteiger partial charge in [0, 0.05) is 34.8 Å². The minimum atomic E-state index is -0.326. The normalized spacial score (nSPS) is 16.7. The van der Waals surface area contributed by atoms with Gasteiger partial charge in [0.2, 0.25) is 0 Å². The van der Waals surface area contributed by atoms with Crippen LogP contribution in [-0.2, 0) is 12.0 Å². The molecular weight excluding hydrogens is 524 g/mol. The molecule has 0 radical (unpaired) electrons. The minimum Gasteiger partial charge on any atom is -0.360 e. The van der Waals surface area contributed by atoms with Gasteiger partial charge >= 0.3 is 0 Å². The molecule has 3 aromatic carbocycles. The summed E-state index contributed by atoms with van der Waals surface area (Å²) in [6.07, 6.45) is 1.63. The number of benzene rings is 3. The maximum Gasteiger partial charge on any atom is 0.264 e. The molecular formula is C30H26Cl2FN3O2. The van der Waals surface area contributed by atoms with E-state index in [4.69, 9.17) is 27.7 Å². The molecule has 0 unspecified atom stereocenters. The van der Waals surface area contributed by atoms with E-state index in [1.165, 1.54) is 6.07 Å². The van der Waals surface area contributed by atoms with Crippen molar-refractivity contribution in [2.75, 3.05) is 24.5 Å². The van der Waals surface area contributed by atoms with Crippen molar-refractivity contribution >= 4 is 34.8 Å². The molecule has 1 spiro atoms. The average molecular weight is 550 g/mol. The lowest BCUT2D eigenvalue weighted by atomic mass is 9.74. The Hall–Kier alpha value is -3.19. The Morgan fingerprint density at radius 2 is 1.84 bits per heavy atom. The van der Waals surface area contributed by atoms with E-state index in [1.807, 2.05) is 36.4 Å². The zero-order chi connectivity index (χ0) is 26.4. The van der Waals surface area contributed by atoms with Crippen molar-refractivity contribution < 1.29 is 13.7 Å². The molecule has 0 atom stereocenters. The van der Waals surface area contributed by atoms with Crippen LogP contribution in [0.3, 0.4) is 0 Å². The van der Waals surface area contributed by atoms with Gasteiger partial charge in [-0.2, -0.15) is 0 Å². The number of piperidine rings is 1. The summed E-state index contributed by atoms with van der Waals surface area (Å²) in [5.74, 6) is -0.0904. The van der Waals surface area contributed by atoms with Crippen molar-refractivity contribution in [2.45, 2.75) is 31.7 Å². The van der Waals surface area contributed by atoms with E-state index >= 15 is 0 Å². The number of aryl methyl sites for hydroxylation is 1. The van der Waals surface area contributed by atoms with E-state index in [1.54, 1.807) is 30.0 Å². The van der Waals surface area contributed by atoms with Crippen molar-refractivity contribution in [3.63, 3.8) is 0 Å². The van der Waals surface area contributed by atoms with Gasteiger partial charge in [0.05, 0.1) is 5.02 Å². The molecule has 0 aliphatic carbocycles. The molecule has 2 aliphatic rings. The fourth-order valence-electron chi connectivity index (χ4n) is 5.88. The van der Waals surface area contributed by atoms with E-state index in [9.17, 15) is 9.18 Å². The van der Waals surface area contributed by atoms with Gasteiger partial charge in [0.25, 0.3) is 5.91 Å². The predicted molar refractivity (Wildman–Crippen MR) is 147 cm³/mol. The molecule has 8 heteroatoms. The summed E-state index contributed by atoms with van der Waals surface area (Å²) in [5, 5.41) is 5.40. The zero-order valence-corrected chi connectivity index (χ0v) is 22.4. The van der Waals surface area contributed by atoms with Gasteiger partial charge in [-0.05, 0) is 80.4 Å². The highest BCUT2D eigenvalue weighted by Gasteiger charge is 2.47. The number of anilines is 1. The van der Waals surface area contributed by atoms with Gasteiger partial charge in [-0.3, -0.25) is 9.69 Å². The van der Waals surface area contributed by atoms with Crippen molar-refractivity contribution in [3.8, 4) is 11.3 Å². The molecule has 194 valence electrons. The third-order valence-electron chi connectivity index (χ3n) is 7.84. The largest absolute Gasteiger partial charge is 0.360 e. The SMILES string of the molecule is Cc1onc(-c2ccccc2Cl)c1C(=O)N1CC2(CCN(Cc3cccc(Cl)c3)CC2)c2cc(F)ccc21. The molecule has 3 heterocycles. The molecule has 0 bridgehead atoms. The number of aromatic nitrogens is 1. The lowest BCUT2D eigenvalue weighted by Gasteiger charge is -2.40. The molecule has 6 rings (SSSR count). The standard InChI is InChI=1S/C30H26Cl2FN3O2/c1-19-27(28(34-38-19)23-7-2-3-8-25(23)32)29(37)36-18-30(24-16-22(33)9-10-26(24)36)11-13-35(14-12-30)17-20-5-4-6-21(31)15-20/h2-10,15-16H,11-14,17-18H2,1H3. The number of halogens is 3. The summed E-state index contributed by atoms with van der Waals surface area (Å²) in [4.78, 5) is 18.3. The molecule has 4 aromatic rings. The van der Waals surface area contributed by atoms with E-state index in [0.717, 1.165) is 54.3 Å². The van der Waals surface area contributed by atoms with Crippen LogP contribution in [0.5, 0.6) is 0 Å². The summed E-state index contributed by atoms with van der Waals surface area (Å²) >= 11 is 12.6. The predicted octanol–water partition coefficient (Wildman–Crippen LogP) is 7.29. The van der Waals surface area contributed by atoms with Gasteiger partial charge in [-0.25, -0.2) is 4.39 Å². The summed E-state index contributed by atoms with van der Waals surface area (Å²) in [6.45, 7) is 4.67. The number of amides is 1. The maximum absolute atomic E-state index is 14.5. The summed E-state index contributed by atoms with van der Waals surface area (Å²) in [7, 11) is 0. The molecule has 1 amide bonds. The van der Waals surface area contributed by atoms with Crippen LogP contribution in [0.4, 0.5) is 10.1 Å². The van der Waals surface area contributed by atoms with Crippen LogP contribution in [-0.4, -0.2) is 35.6 Å². The lowest BCUT2D eigenvalue weighted by molar-refractivity contribution is 0.0974. The van der Waals surface area contributed by atoms with Crippen molar-refractivity contribution in [1.82, 2.24) is 10.1 Å². The first-order chi connectivity index (χ1) is 18.3. The van der Waals surface area contributed by atoms with Crippen molar-refractivity contribution in [3.05, 3.63) is 105 Å². The maximum atomic E-state index is 14.5. The molecule has 1 fully saturated rings. The molecule has 0 saturated carbocycles. The lowest BCUT2D eigenvalue weighted by Crippen LogP contribution is -2.45. The highest BCUT2D eigenvalue weighted by atomic mass is 35.5. The number of carbonyl (C=O) groups is 1. The van der Waals surface area contributed by atoms with Crippen LogP contribution in [0, 0.1) is 12.7 Å². The van der Waals surface area contributed by atoms with Crippen molar-refractivity contribution in [2.24, 2.45) is 0 Å². The second kappa shape index (κ2) is 9.84. The highest BCUT2D eigenvalue weighted by Crippen LogP contribution is 2.48. The smallest absolute Gasteiger partial charge is 0.264 e. The van der Waals surface area contributed by atoms with E-state index in [2.05, 4.69) is 16.1 Å². The van der Waals surface area contributed by atoms with E-state index < -0.39 is 0 Å². The third-order valence-corrected chi connectivity index (χ3v) is 8.41. The number of carbonyl (C=O) groups excluding carboxylic acids is 1. The first-order valence-electron chi connectivity index (χ1n) is 12.6. The Balaban J connectivity index is 1.30. The fourth-order valence-corrected chi connectivity index (χ4v) is 6.32. The molecule has 0 N–H and O–H groups in total. The van der Waals surface area contributed by atoms with Gasteiger partial charge in [0.15, 0.2) is 0 Å². The van der Waals surface area contributed by atoms with Crippen LogP contribution in [0.15, 0.2) is 71.3 Å². The van der Waals surface area contributed by atoms with Gasteiger partial charge in [-0.15, -0.1) is 0 Å². The quantitative estimate of drug-likeness (QED) is 0.268. The Labute approximate surface area is 230 Å². The van der Waals surface area contributed by atoms with Crippen LogP contribution in [0.2, 0.25) is 10.0 Å². The van der Waals surface area contributed by atoms with Crippen molar-refractivity contribution in [1.29, 1.82) is 0 Å². The first-order valence-corrected chi connectivity index (χ1v) is 13.4. The van der Waals surface area contributed by atoms with Crippen LogP contribution in [0.25, 0.3) is 11.3 Å². The Morgan fingerprint density at radius 1 is 1.05 bits per heavy atom. The number of hydrogen-bond donors (Lipinski definition) is 0. The highest BCUT2D eigenvalue weighted by molar-refractivity contribution is 6.33. The zero-order valence-electron chi connectivity index (χ0n) is 20.9. The molecule has 5 nitrogen and oxygen atoms in total.